The minimum atomic E-state index is 0.894. The molecule has 16 heavy (non-hydrogen) atoms. The summed E-state index contributed by atoms with van der Waals surface area (Å²) in [6.45, 7) is 2.46. The largest absolute Gasteiger partial charge is 0.356 e. The molecule has 0 aromatic carbocycles. The van der Waals surface area contributed by atoms with E-state index in [9.17, 15) is 0 Å². The predicted molar refractivity (Wildman–Crippen MR) is 69.9 cm³/mol. The number of hydrogen-bond acceptors (Lipinski definition) is 2. The lowest BCUT2D eigenvalue weighted by Gasteiger charge is -2.18. The van der Waals surface area contributed by atoms with Gasteiger partial charge in [-0.25, -0.2) is 4.98 Å². The molecule has 1 saturated carbocycles. The van der Waals surface area contributed by atoms with Crippen LogP contribution in [0, 0.1) is 11.8 Å². The van der Waals surface area contributed by atoms with Gasteiger partial charge in [0.2, 0.25) is 0 Å². The van der Waals surface area contributed by atoms with Gasteiger partial charge in [0, 0.05) is 24.6 Å². The fourth-order valence-corrected chi connectivity index (χ4v) is 3.44. The lowest BCUT2D eigenvalue weighted by molar-refractivity contribution is 0.494. The second kappa shape index (κ2) is 4.36. The third-order valence-corrected chi connectivity index (χ3v) is 4.66. The fraction of sp³-hybridized carbons (Fsp3) is 0.615. The van der Waals surface area contributed by atoms with Crippen LogP contribution in [-0.4, -0.2) is 18.1 Å². The van der Waals surface area contributed by atoms with Crippen molar-refractivity contribution < 1.29 is 0 Å². The zero-order chi connectivity index (χ0) is 11.0. The average Bonchev–Trinajstić information content (AvgIpc) is 2.89. The molecule has 3 heteroatoms. The number of rotatable bonds is 2. The Bertz CT molecular complexity index is 351. The van der Waals surface area contributed by atoms with Gasteiger partial charge in [-0.3, -0.25) is 0 Å². The minimum absolute atomic E-state index is 0.894. The van der Waals surface area contributed by atoms with Crippen LogP contribution in [0.5, 0.6) is 0 Å². The Morgan fingerprint density at radius 1 is 1.25 bits per heavy atom. The summed E-state index contributed by atoms with van der Waals surface area (Å²) in [5, 5.41) is 0.894. The first-order valence-corrected chi connectivity index (χ1v) is 7.25. The summed E-state index contributed by atoms with van der Waals surface area (Å²) in [5.41, 5.74) is 1.25. The molecular formula is C13H17BrN2. The van der Waals surface area contributed by atoms with E-state index in [1.807, 2.05) is 6.20 Å². The summed E-state index contributed by atoms with van der Waals surface area (Å²) < 4.78 is 0. The van der Waals surface area contributed by atoms with Crippen LogP contribution in [0.1, 0.15) is 24.8 Å². The Balaban J connectivity index is 1.73. The highest BCUT2D eigenvalue weighted by Crippen LogP contribution is 2.38. The molecule has 2 aliphatic rings. The highest BCUT2D eigenvalue weighted by molar-refractivity contribution is 9.08. The van der Waals surface area contributed by atoms with Gasteiger partial charge in [0.1, 0.15) is 5.82 Å². The zero-order valence-corrected chi connectivity index (χ0v) is 11.0. The summed E-state index contributed by atoms with van der Waals surface area (Å²) in [7, 11) is 0. The normalized spacial score (nSPS) is 28.4. The van der Waals surface area contributed by atoms with Gasteiger partial charge in [0.25, 0.3) is 0 Å². The molecule has 0 radical (unpaired) electrons. The highest BCUT2D eigenvalue weighted by atomic mass is 79.9. The molecule has 3 rings (SSSR count). The van der Waals surface area contributed by atoms with Crippen LogP contribution in [0.15, 0.2) is 18.3 Å². The van der Waals surface area contributed by atoms with Crippen molar-refractivity contribution in [2.24, 2.45) is 11.8 Å². The van der Waals surface area contributed by atoms with E-state index < -0.39 is 0 Å². The van der Waals surface area contributed by atoms with Gasteiger partial charge in [-0.05, 0) is 36.3 Å². The first kappa shape index (κ1) is 10.6. The van der Waals surface area contributed by atoms with Crippen molar-refractivity contribution in [2.75, 3.05) is 18.0 Å². The smallest absolute Gasteiger partial charge is 0.128 e. The van der Waals surface area contributed by atoms with Crippen LogP contribution < -0.4 is 4.90 Å². The van der Waals surface area contributed by atoms with Gasteiger partial charge in [-0.15, -0.1) is 0 Å². The van der Waals surface area contributed by atoms with Gasteiger partial charge >= 0.3 is 0 Å². The molecule has 1 aromatic heterocycles. The molecule has 2 atom stereocenters. The van der Waals surface area contributed by atoms with Gasteiger partial charge in [0.05, 0.1) is 0 Å². The Morgan fingerprint density at radius 3 is 2.56 bits per heavy atom. The number of alkyl halides is 1. The van der Waals surface area contributed by atoms with Gasteiger partial charge in [-0.2, -0.15) is 0 Å². The van der Waals surface area contributed by atoms with Crippen LogP contribution in [0.25, 0.3) is 0 Å². The molecule has 2 unspecified atom stereocenters. The molecule has 1 aliphatic heterocycles. The number of hydrogen-bond donors (Lipinski definition) is 0. The van der Waals surface area contributed by atoms with Crippen molar-refractivity contribution in [3.05, 3.63) is 23.9 Å². The van der Waals surface area contributed by atoms with E-state index in [1.54, 1.807) is 0 Å². The summed E-state index contributed by atoms with van der Waals surface area (Å²) in [5.74, 6) is 3.05. The van der Waals surface area contributed by atoms with Crippen LogP contribution in [0.4, 0.5) is 5.82 Å². The second-order valence-electron chi connectivity index (χ2n) is 5.01. The van der Waals surface area contributed by atoms with Crippen LogP contribution in [0.2, 0.25) is 0 Å². The van der Waals surface area contributed by atoms with E-state index >= 15 is 0 Å². The summed E-state index contributed by atoms with van der Waals surface area (Å²) >= 11 is 3.45. The number of fused-ring (bicyclic) bond motifs is 1. The second-order valence-corrected chi connectivity index (χ2v) is 5.58. The van der Waals surface area contributed by atoms with Crippen molar-refractivity contribution in [3.63, 3.8) is 0 Å². The first-order chi connectivity index (χ1) is 7.86. The SMILES string of the molecule is BrCc1ccc(N2CC3CCCC3C2)nc1. The number of anilines is 1. The number of pyridine rings is 1. The Kier molecular flexibility index (Phi) is 2.88. The van der Waals surface area contributed by atoms with E-state index in [0.29, 0.717) is 0 Å². The molecule has 1 saturated heterocycles. The highest BCUT2D eigenvalue weighted by Gasteiger charge is 2.36. The summed E-state index contributed by atoms with van der Waals surface area (Å²) in [6, 6.07) is 4.34. The van der Waals surface area contributed by atoms with E-state index in [1.165, 1.54) is 43.7 Å². The molecule has 0 spiro atoms. The van der Waals surface area contributed by atoms with Gasteiger partial charge in [-0.1, -0.05) is 28.4 Å². The van der Waals surface area contributed by atoms with Crippen LogP contribution in [0.3, 0.4) is 0 Å². The average molecular weight is 281 g/mol. The van der Waals surface area contributed by atoms with E-state index in [0.717, 1.165) is 17.2 Å². The molecule has 0 N–H and O–H groups in total. The van der Waals surface area contributed by atoms with E-state index in [4.69, 9.17) is 0 Å². The topological polar surface area (TPSA) is 16.1 Å². The first-order valence-electron chi connectivity index (χ1n) is 6.12. The molecular weight excluding hydrogens is 264 g/mol. The monoisotopic (exact) mass is 280 g/mol. The molecule has 2 nitrogen and oxygen atoms in total. The van der Waals surface area contributed by atoms with Crippen LogP contribution >= 0.6 is 15.9 Å². The van der Waals surface area contributed by atoms with Crippen LogP contribution in [-0.2, 0) is 5.33 Å². The molecule has 2 fully saturated rings. The number of nitrogens with zero attached hydrogens (tertiary/aromatic N) is 2. The van der Waals surface area contributed by atoms with Crippen molar-refractivity contribution in [1.29, 1.82) is 0 Å². The van der Waals surface area contributed by atoms with Crippen molar-refractivity contribution in [2.45, 2.75) is 24.6 Å². The fourth-order valence-electron chi connectivity index (χ4n) is 3.10. The number of aromatic nitrogens is 1. The minimum Gasteiger partial charge on any atom is -0.356 e. The quantitative estimate of drug-likeness (QED) is 0.774. The Morgan fingerprint density at radius 2 is 2.00 bits per heavy atom. The maximum atomic E-state index is 4.55. The molecule has 2 heterocycles. The molecule has 1 aliphatic carbocycles. The van der Waals surface area contributed by atoms with Crippen molar-refractivity contribution in [1.82, 2.24) is 4.98 Å². The lowest BCUT2D eigenvalue weighted by atomic mass is 10.0. The Labute approximate surface area is 105 Å². The summed E-state index contributed by atoms with van der Waals surface area (Å²) in [6.07, 6.45) is 6.29. The van der Waals surface area contributed by atoms with E-state index in [2.05, 4.69) is 37.9 Å². The third kappa shape index (κ3) is 1.86. The molecule has 0 bridgehead atoms. The molecule has 0 amide bonds. The lowest BCUT2D eigenvalue weighted by Crippen LogP contribution is -2.21. The van der Waals surface area contributed by atoms with Crippen molar-refractivity contribution >= 4 is 21.7 Å². The predicted octanol–water partition coefficient (Wildman–Crippen LogP) is 3.21. The maximum Gasteiger partial charge on any atom is 0.128 e. The summed E-state index contributed by atoms with van der Waals surface area (Å²) in [4.78, 5) is 7.02. The standard InChI is InChI=1S/C13H17BrN2/c14-6-10-4-5-13(15-7-10)16-8-11-2-1-3-12(11)9-16/h4-5,7,11-12H,1-3,6,8-9H2. The van der Waals surface area contributed by atoms with Gasteiger partial charge in [0.15, 0.2) is 0 Å². The van der Waals surface area contributed by atoms with E-state index in [-0.39, 0.29) is 0 Å². The zero-order valence-electron chi connectivity index (χ0n) is 9.40. The third-order valence-electron chi connectivity index (χ3n) is 4.01. The van der Waals surface area contributed by atoms with Gasteiger partial charge < -0.3 is 4.90 Å². The number of halogens is 1. The maximum absolute atomic E-state index is 4.55. The molecule has 86 valence electrons. The molecule has 1 aromatic rings. The Hall–Kier alpha value is -0.570. The van der Waals surface area contributed by atoms with Crippen molar-refractivity contribution in [3.8, 4) is 0 Å².